The fraction of sp³-hybridized carbons (Fsp3) is 0.933. The molecule has 0 aromatic heterocycles. The van der Waals surface area contributed by atoms with E-state index in [1.807, 2.05) is 0 Å². The molecular formula is C15H24O2. The van der Waals surface area contributed by atoms with Crippen LogP contribution in [-0.4, -0.2) is 16.5 Å². The maximum absolute atomic E-state index is 12.2. The Bertz CT molecular complexity index is 400. The smallest absolute Gasteiger partial charge is 0.164 e. The summed E-state index contributed by atoms with van der Waals surface area (Å²) in [5, 5.41) is 10.6. The number of ketones is 1. The summed E-state index contributed by atoms with van der Waals surface area (Å²) in [4.78, 5) is 12.2. The second-order valence-electron chi connectivity index (χ2n) is 7.67. The second-order valence-corrected chi connectivity index (χ2v) is 7.67. The van der Waals surface area contributed by atoms with Gasteiger partial charge < -0.3 is 5.11 Å². The first kappa shape index (κ1) is 11.7. The molecular weight excluding hydrogens is 212 g/mol. The topological polar surface area (TPSA) is 37.3 Å². The van der Waals surface area contributed by atoms with E-state index < -0.39 is 5.60 Å². The molecule has 2 heteroatoms. The summed E-state index contributed by atoms with van der Waals surface area (Å²) in [6, 6.07) is 0. The molecule has 3 aliphatic rings. The van der Waals surface area contributed by atoms with Crippen molar-refractivity contribution in [2.75, 3.05) is 0 Å². The van der Waals surface area contributed by atoms with Gasteiger partial charge in [-0.05, 0) is 42.4 Å². The van der Waals surface area contributed by atoms with Gasteiger partial charge in [0.15, 0.2) is 5.78 Å². The number of hydrogen-bond donors (Lipinski definition) is 1. The molecule has 3 rings (SSSR count). The van der Waals surface area contributed by atoms with Crippen molar-refractivity contribution in [2.45, 2.75) is 65.4 Å². The molecule has 0 heterocycles. The Morgan fingerprint density at radius 1 is 1.18 bits per heavy atom. The molecule has 0 radical (unpaired) electrons. The largest absolute Gasteiger partial charge is 0.382 e. The highest BCUT2D eigenvalue weighted by Gasteiger charge is 2.73. The third-order valence-corrected chi connectivity index (χ3v) is 7.18. The van der Waals surface area contributed by atoms with Crippen molar-refractivity contribution in [3.05, 3.63) is 0 Å². The highest BCUT2D eigenvalue weighted by atomic mass is 16.3. The van der Waals surface area contributed by atoms with Crippen LogP contribution in [0.25, 0.3) is 0 Å². The average molecular weight is 236 g/mol. The van der Waals surface area contributed by atoms with Crippen molar-refractivity contribution in [1.29, 1.82) is 0 Å². The molecule has 0 aliphatic heterocycles. The van der Waals surface area contributed by atoms with E-state index in [1.165, 1.54) is 19.3 Å². The van der Waals surface area contributed by atoms with Crippen molar-refractivity contribution in [2.24, 2.45) is 22.2 Å². The monoisotopic (exact) mass is 236 g/mol. The van der Waals surface area contributed by atoms with Gasteiger partial charge in [-0.3, -0.25) is 4.79 Å². The Labute approximate surface area is 104 Å². The normalized spacial score (nSPS) is 61.7. The lowest BCUT2D eigenvalue weighted by Crippen LogP contribution is -2.50. The zero-order valence-electron chi connectivity index (χ0n) is 11.5. The molecule has 5 unspecified atom stereocenters. The maximum atomic E-state index is 12.2. The molecule has 5 atom stereocenters. The van der Waals surface area contributed by atoms with Gasteiger partial charge in [0.05, 0.1) is 0 Å². The third-order valence-electron chi connectivity index (χ3n) is 7.18. The Morgan fingerprint density at radius 3 is 2.47 bits per heavy atom. The van der Waals surface area contributed by atoms with E-state index in [1.54, 1.807) is 6.92 Å². The lowest BCUT2D eigenvalue weighted by atomic mass is 9.59. The summed E-state index contributed by atoms with van der Waals surface area (Å²) in [6.45, 7) is 8.73. The van der Waals surface area contributed by atoms with Crippen molar-refractivity contribution < 1.29 is 9.90 Å². The Hall–Kier alpha value is -0.370. The van der Waals surface area contributed by atoms with Crippen LogP contribution in [0.4, 0.5) is 0 Å². The summed E-state index contributed by atoms with van der Waals surface area (Å²) in [5.74, 6) is 0.238. The predicted octanol–water partition coefficient (Wildman–Crippen LogP) is 2.93. The van der Waals surface area contributed by atoms with Gasteiger partial charge in [-0.2, -0.15) is 0 Å². The van der Waals surface area contributed by atoms with Gasteiger partial charge in [-0.1, -0.05) is 27.2 Å². The first-order valence-electron chi connectivity index (χ1n) is 6.93. The number of carbonyl (C=O) groups excluding carboxylic acids is 1. The fourth-order valence-electron chi connectivity index (χ4n) is 5.64. The van der Waals surface area contributed by atoms with Gasteiger partial charge in [0.2, 0.25) is 0 Å². The van der Waals surface area contributed by atoms with Gasteiger partial charge in [0.1, 0.15) is 5.60 Å². The number of aliphatic hydroxyl groups is 1. The van der Waals surface area contributed by atoms with Crippen LogP contribution in [0.2, 0.25) is 0 Å². The van der Waals surface area contributed by atoms with Crippen LogP contribution in [0, 0.1) is 22.2 Å². The lowest BCUT2D eigenvalue weighted by Gasteiger charge is -2.45. The standard InChI is InChI=1S/C15H24O2/c1-12-8-10(15(4,17)11(16)9-12)13(2)6-5-7-14(12,13)3/h10,17H,5-9H2,1-4H3. The average Bonchev–Trinajstić information content (AvgIpc) is 2.58. The van der Waals surface area contributed by atoms with Gasteiger partial charge in [0.25, 0.3) is 0 Å². The molecule has 0 aromatic carbocycles. The minimum absolute atomic E-state index is 0.0769. The molecule has 0 spiro atoms. The molecule has 2 bridgehead atoms. The molecule has 0 amide bonds. The van der Waals surface area contributed by atoms with Crippen molar-refractivity contribution in [1.82, 2.24) is 0 Å². The van der Waals surface area contributed by atoms with E-state index in [2.05, 4.69) is 20.8 Å². The molecule has 2 nitrogen and oxygen atoms in total. The molecule has 0 aromatic rings. The van der Waals surface area contributed by atoms with Crippen LogP contribution in [0.1, 0.15) is 59.8 Å². The number of carbonyl (C=O) groups is 1. The molecule has 3 fully saturated rings. The summed E-state index contributed by atoms with van der Waals surface area (Å²) >= 11 is 0. The Kier molecular flexibility index (Phi) is 1.92. The second kappa shape index (κ2) is 2.79. The van der Waals surface area contributed by atoms with Gasteiger partial charge >= 0.3 is 0 Å². The molecule has 17 heavy (non-hydrogen) atoms. The number of Topliss-reactive ketones (excluding diaryl/α,β-unsaturated/α-hetero) is 1. The minimum Gasteiger partial charge on any atom is -0.382 e. The fourth-order valence-corrected chi connectivity index (χ4v) is 5.64. The van der Waals surface area contributed by atoms with Crippen LogP contribution < -0.4 is 0 Å². The number of fused-ring (bicyclic) bond motifs is 5. The molecule has 3 aliphatic carbocycles. The number of hydrogen-bond acceptors (Lipinski definition) is 2. The Morgan fingerprint density at radius 2 is 1.82 bits per heavy atom. The van der Waals surface area contributed by atoms with Gasteiger partial charge in [0, 0.05) is 12.3 Å². The van der Waals surface area contributed by atoms with Crippen molar-refractivity contribution >= 4 is 5.78 Å². The van der Waals surface area contributed by atoms with E-state index in [4.69, 9.17) is 0 Å². The zero-order chi connectivity index (χ0) is 12.7. The Balaban J connectivity index is 2.20. The molecule has 1 N–H and O–H groups in total. The van der Waals surface area contributed by atoms with Crippen LogP contribution >= 0.6 is 0 Å². The van der Waals surface area contributed by atoms with E-state index in [0.29, 0.717) is 6.42 Å². The molecule has 96 valence electrons. The summed E-state index contributed by atoms with van der Waals surface area (Å²) < 4.78 is 0. The van der Waals surface area contributed by atoms with Gasteiger partial charge in [-0.15, -0.1) is 0 Å². The first-order chi connectivity index (χ1) is 7.67. The summed E-state index contributed by atoms with van der Waals surface area (Å²) in [7, 11) is 0. The van der Waals surface area contributed by atoms with E-state index in [9.17, 15) is 9.90 Å². The highest BCUT2D eigenvalue weighted by Crippen LogP contribution is 2.77. The number of rotatable bonds is 0. The third kappa shape index (κ3) is 1.01. The van der Waals surface area contributed by atoms with Crippen LogP contribution in [0.15, 0.2) is 0 Å². The summed E-state index contributed by atoms with van der Waals surface area (Å²) in [6.07, 6.45) is 5.25. The van der Waals surface area contributed by atoms with Crippen LogP contribution in [-0.2, 0) is 4.79 Å². The van der Waals surface area contributed by atoms with E-state index in [-0.39, 0.29) is 27.9 Å². The molecule has 3 saturated carbocycles. The molecule has 0 saturated heterocycles. The zero-order valence-corrected chi connectivity index (χ0v) is 11.5. The van der Waals surface area contributed by atoms with E-state index in [0.717, 1.165) is 6.42 Å². The lowest BCUT2D eigenvalue weighted by molar-refractivity contribution is -0.151. The summed E-state index contributed by atoms with van der Waals surface area (Å²) in [5.41, 5.74) is -0.586. The predicted molar refractivity (Wildman–Crippen MR) is 66.5 cm³/mol. The van der Waals surface area contributed by atoms with E-state index >= 15 is 0 Å². The van der Waals surface area contributed by atoms with Crippen molar-refractivity contribution in [3.8, 4) is 0 Å². The van der Waals surface area contributed by atoms with Crippen LogP contribution in [0.3, 0.4) is 0 Å². The van der Waals surface area contributed by atoms with Gasteiger partial charge in [-0.25, -0.2) is 0 Å². The quantitative estimate of drug-likeness (QED) is 0.702. The highest BCUT2D eigenvalue weighted by molar-refractivity contribution is 5.89. The SMILES string of the molecule is CC1(O)C(=O)CC2(C)CC1C1(C)CCCC21C. The first-order valence-corrected chi connectivity index (χ1v) is 6.93. The maximum Gasteiger partial charge on any atom is 0.164 e. The minimum atomic E-state index is -1.09. The van der Waals surface area contributed by atoms with Crippen molar-refractivity contribution in [3.63, 3.8) is 0 Å². The van der Waals surface area contributed by atoms with Crippen LogP contribution in [0.5, 0.6) is 0 Å².